The van der Waals surface area contributed by atoms with Crippen LogP contribution in [0.5, 0.6) is 0 Å². The topological polar surface area (TPSA) is 37.3 Å². The monoisotopic (exact) mass is 198 g/mol. The highest BCUT2D eigenvalue weighted by molar-refractivity contribution is 7.57. The number of rotatable bonds is 6. The van der Waals surface area contributed by atoms with Crippen LogP contribution < -0.4 is 0 Å². The molecule has 0 radical (unpaired) electrons. The van der Waals surface area contributed by atoms with E-state index >= 15 is 0 Å². The molecule has 1 N–H and O–H groups in total. The Balaban J connectivity index is 3.47. The predicted molar refractivity (Wildman–Crippen MR) is 49.8 cm³/mol. The van der Waals surface area contributed by atoms with Crippen LogP contribution >= 0.6 is 19.0 Å². The van der Waals surface area contributed by atoms with E-state index in [-0.39, 0.29) is 0 Å². The summed E-state index contributed by atoms with van der Waals surface area (Å²) in [6, 6.07) is 0. The number of halogens is 1. The first-order valence-corrected chi connectivity index (χ1v) is 6.55. The lowest BCUT2D eigenvalue weighted by atomic mass is 10.4. The molecule has 2 nitrogen and oxygen atoms in total. The summed E-state index contributed by atoms with van der Waals surface area (Å²) in [5, 5.41) is 0. The van der Waals surface area contributed by atoms with Gasteiger partial charge < -0.3 is 4.89 Å². The van der Waals surface area contributed by atoms with Gasteiger partial charge in [-0.2, -0.15) is 0 Å². The molecule has 0 aromatic heterocycles. The molecule has 0 saturated heterocycles. The van der Waals surface area contributed by atoms with Gasteiger partial charge in [-0.1, -0.05) is 6.92 Å². The SMILES string of the molecule is CCCP(=O)(O)CCCCCl. The van der Waals surface area contributed by atoms with E-state index in [2.05, 4.69) is 0 Å². The van der Waals surface area contributed by atoms with Crippen molar-refractivity contribution in [3.05, 3.63) is 0 Å². The highest BCUT2D eigenvalue weighted by Crippen LogP contribution is 2.41. The second-order valence-corrected chi connectivity index (χ2v) is 5.65. The fourth-order valence-corrected chi connectivity index (χ4v) is 2.74. The van der Waals surface area contributed by atoms with Crippen molar-refractivity contribution in [3.63, 3.8) is 0 Å². The molecule has 68 valence electrons. The molecule has 0 aliphatic carbocycles. The largest absolute Gasteiger partial charge is 0.344 e. The van der Waals surface area contributed by atoms with E-state index in [1.54, 1.807) is 0 Å². The van der Waals surface area contributed by atoms with Gasteiger partial charge in [-0.05, 0) is 19.3 Å². The van der Waals surface area contributed by atoms with Crippen LogP contribution in [0.3, 0.4) is 0 Å². The summed E-state index contributed by atoms with van der Waals surface area (Å²) in [6.07, 6.45) is 3.30. The van der Waals surface area contributed by atoms with E-state index in [1.165, 1.54) is 0 Å². The molecular formula is C7H16ClO2P. The van der Waals surface area contributed by atoms with Crippen molar-refractivity contribution in [2.75, 3.05) is 18.2 Å². The van der Waals surface area contributed by atoms with E-state index in [0.717, 1.165) is 19.3 Å². The van der Waals surface area contributed by atoms with Crippen LogP contribution in [-0.4, -0.2) is 23.1 Å². The molecule has 0 heterocycles. The summed E-state index contributed by atoms with van der Waals surface area (Å²) in [6.45, 7) is 1.92. The molecule has 0 rings (SSSR count). The molecule has 0 aliphatic rings. The summed E-state index contributed by atoms with van der Waals surface area (Å²) in [5.74, 6) is 0.589. The Morgan fingerprint density at radius 2 is 2.00 bits per heavy atom. The van der Waals surface area contributed by atoms with Gasteiger partial charge in [0.2, 0.25) is 7.37 Å². The van der Waals surface area contributed by atoms with Crippen LogP contribution in [0.4, 0.5) is 0 Å². The van der Waals surface area contributed by atoms with Crippen molar-refractivity contribution in [3.8, 4) is 0 Å². The number of alkyl halides is 1. The molecule has 0 aliphatic heterocycles. The zero-order chi connectivity index (χ0) is 8.74. The average Bonchev–Trinajstić information content (AvgIpc) is 1.87. The first kappa shape index (κ1) is 11.5. The molecule has 4 heteroatoms. The van der Waals surface area contributed by atoms with Gasteiger partial charge in [0, 0.05) is 18.2 Å². The van der Waals surface area contributed by atoms with E-state index in [4.69, 9.17) is 11.6 Å². The van der Waals surface area contributed by atoms with Crippen LogP contribution in [-0.2, 0) is 4.57 Å². The van der Waals surface area contributed by atoms with Gasteiger partial charge in [-0.25, -0.2) is 0 Å². The van der Waals surface area contributed by atoms with Crippen molar-refractivity contribution in [1.82, 2.24) is 0 Å². The van der Waals surface area contributed by atoms with E-state index in [1.807, 2.05) is 6.92 Å². The summed E-state index contributed by atoms with van der Waals surface area (Å²) >= 11 is 5.44. The van der Waals surface area contributed by atoms with Gasteiger partial charge in [0.25, 0.3) is 0 Å². The Hall–Kier alpha value is 0.480. The maximum Gasteiger partial charge on any atom is 0.200 e. The maximum atomic E-state index is 11.2. The van der Waals surface area contributed by atoms with Gasteiger partial charge in [-0.3, -0.25) is 4.57 Å². The van der Waals surface area contributed by atoms with E-state index in [9.17, 15) is 9.46 Å². The van der Waals surface area contributed by atoms with Gasteiger partial charge >= 0.3 is 0 Å². The second kappa shape index (κ2) is 6.05. The molecule has 0 aromatic rings. The zero-order valence-corrected chi connectivity index (χ0v) is 8.57. The third-order valence-corrected chi connectivity index (χ3v) is 3.89. The van der Waals surface area contributed by atoms with Gasteiger partial charge in [0.05, 0.1) is 0 Å². The standard InChI is InChI=1S/C7H16ClO2P/c1-2-6-11(9,10)7-4-3-5-8/h2-7H2,1H3,(H,9,10). The zero-order valence-electron chi connectivity index (χ0n) is 6.92. The fourth-order valence-electron chi connectivity index (χ4n) is 0.915. The van der Waals surface area contributed by atoms with Crippen LogP contribution in [0, 0.1) is 0 Å². The third-order valence-electron chi connectivity index (χ3n) is 1.46. The number of hydrogen-bond donors (Lipinski definition) is 1. The number of hydrogen-bond acceptors (Lipinski definition) is 1. The Labute approximate surface area is 73.4 Å². The molecule has 0 fully saturated rings. The molecule has 0 bridgehead atoms. The lowest BCUT2D eigenvalue weighted by Gasteiger charge is -2.08. The summed E-state index contributed by atoms with van der Waals surface area (Å²) in [7, 11) is -2.78. The van der Waals surface area contributed by atoms with Crippen LogP contribution in [0.2, 0.25) is 0 Å². The van der Waals surface area contributed by atoms with Crippen molar-refractivity contribution in [2.45, 2.75) is 26.2 Å². The predicted octanol–water partition coefficient (Wildman–Crippen LogP) is 2.69. The highest BCUT2D eigenvalue weighted by Gasteiger charge is 2.14. The van der Waals surface area contributed by atoms with Gasteiger partial charge in [0.1, 0.15) is 0 Å². The second-order valence-electron chi connectivity index (χ2n) is 2.69. The first-order valence-electron chi connectivity index (χ1n) is 3.99. The van der Waals surface area contributed by atoms with Crippen molar-refractivity contribution < 1.29 is 9.46 Å². The minimum Gasteiger partial charge on any atom is -0.344 e. The molecule has 1 atom stereocenters. The summed E-state index contributed by atoms with van der Waals surface area (Å²) < 4.78 is 11.2. The molecular weight excluding hydrogens is 183 g/mol. The Morgan fingerprint density at radius 1 is 1.36 bits per heavy atom. The quantitative estimate of drug-likeness (QED) is 0.405. The van der Waals surface area contributed by atoms with Crippen LogP contribution in [0.15, 0.2) is 0 Å². The van der Waals surface area contributed by atoms with E-state index in [0.29, 0.717) is 18.2 Å². The van der Waals surface area contributed by atoms with Gasteiger partial charge in [-0.15, -0.1) is 11.6 Å². The molecule has 11 heavy (non-hydrogen) atoms. The average molecular weight is 199 g/mol. The van der Waals surface area contributed by atoms with Crippen molar-refractivity contribution in [1.29, 1.82) is 0 Å². The lowest BCUT2D eigenvalue weighted by molar-refractivity contribution is 0.474. The minimum atomic E-state index is -2.78. The molecule has 0 aromatic carbocycles. The number of unbranched alkanes of at least 4 members (excludes halogenated alkanes) is 1. The summed E-state index contributed by atoms with van der Waals surface area (Å²) in [5.41, 5.74) is 0. The smallest absolute Gasteiger partial charge is 0.200 e. The van der Waals surface area contributed by atoms with Crippen molar-refractivity contribution >= 4 is 19.0 Å². The molecule has 1 unspecified atom stereocenters. The lowest BCUT2D eigenvalue weighted by Crippen LogP contribution is -1.94. The van der Waals surface area contributed by atoms with Crippen LogP contribution in [0.25, 0.3) is 0 Å². The maximum absolute atomic E-state index is 11.2. The normalized spacial score (nSPS) is 16.3. The fraction of sp³-hybridized carbons (Fsp3) is 1.00. The minimum absolute atomic E-state index is 0.438. The Morgan fingerprint density at radius 3 is 2.45 bits per heavy atom. The van der Waals surface area contributed by atoms with Crippen LogP contribution in [0.1, 0.15) is 26.2 Å². The Kier molecular flexibility index (Phi) is 6.31. The van der Waals surface area contributed by atoms with E-state index < -0.39 is 7.37 Å². The van der Waals surface area contributed by atoms with Gasteiger partial charge in [0.15, 0.2) is 0 Å². The summed E-state index contributed by atoms with van der Waals surface area (Å²) in [4.78, 5) is 9.25. The molecule has 0 saturated carbocycles. The third kappa shape index (κ3) is 6.86. The molecule has 0 amide bonds. The highest BCUT2D eigenvalue weighted by atomic mass is 35.5. The molecule has 0 spiro atoms. The first-order chi connectivity index (χ1) is 5.12. The Bertz CT molecular complexity index is 138. The van der Waals surface area contributed by atoms with Crippen molar-refractivity contribution in [2.24, 2.45) is 0 Å².